The van der Waals surface area contributed by atoms with Crippen LogP contribution in [-0.4, -0.2) is 23.9 Å². The van der Waals surface area contributed by atoms with E-state index in [0.29, 0.717) is 12.4 Å². The number of rotatable bonds is 7. The van der Waals surface area contributed by atoms with E-state index in [9.17, 15) is 4.79 Å². The summed E-state index contributed by atoms with van der Waals surface area (Å²) in [7, 11) is 0. The Balaban J connectivity index is 2.85. The van der Waals surface area contributed by atoms with E-state index < -0.39 is 0 Å². The first kappa shape index (κ1) is 14.1. The van der Waals surface area contributed by atoms with Crippen LogP contribution in [0.3, 0.4) is 0 Å². The fourth-order valence-electron chi connectivity index (χ4n) is 1.47. The monoisotopic (exact) mass is 252 g/mol. The maximum atomic E-state index is 12.0. The molecule has 17 heavy (non-hydrogen) atoms. The molecule has 1 rings (SSSR count). The van der Waals surface area contributed by atoms with Gasteiger partial charge in [-0.2, -0.15) is 11.8 Å². The van der Waals surface area contributed by atoms with Crippen LogP contribution in [-0.2, 0) is 0 Å². The van der Waals surface area contributed by atoms with E-state index in [1.165, 1.54) is 0 Å². The second-order valence-corrected chi connectivity index (χ2v) is 5.18. The van der Waals surface area contributed by atoms with Crippen molar-refractivity contribution in [2.75, 3.05) is 18.1 Å². The molecule has 0 saturated heterocycles. The topological polar surface area (TPSA) is 26.3 Å². The molecule has 0 atom stereocenters. The molecule has 0 aliphatic carbocycles. The molecule has 0 saturated carbocycles. The summed E-state index contributed by atoms with van der Waals surface area (Å²) in [4.78, 5) is 12.0. The van der Waals surface area contributed by atoms with Gasteiger partial charge in [-0.05, 0) is 31.2 Å². The minimum absolute atomic E-state index is 0.159. The summed E-state index contributed by atoms with van der Waals surface area (Å²) in [5.74, 6) is 2.37. The number of benzene rings is 1. The summed E-state index contributed by atoms with van der Waals surface area (Å²) in [6.07, 6.45) is 0.950. The van der Waals surface area contributed by atoms with Gasteiger partial charge in [-0.25, -0.2) is 0 Å². The van der Waals surface area contributed by atoms with E-state index in [1.807, 2.05) is 25.1 Å². The highest BCUT2D eigenvalue weighted by Gasteiger charge is 2.12. The van der Waals surface area contributed by atoms with E-state index in [1.54, 1.807) is 11.8 Å². The smallest absolute Gasteiger partial charge is 0.176 e. The zero-order chi connectivity index (χ0) is 12.7. The highest BCUT2D eigenvalue weighted by atomic mass is 32.2. The summed E-state index contributed by atoms with van der Waals surface area (Å²) in [5, 5.41) is 0. The second-order valence-electron chi connectivity index (χ2n) is 3.91. The van der Waals surface area contributed by atoms with Gasteiger partial charge >= 0.3 is 0 Å². The Labute approximate surface area is 108 Å². The van der Waals surface area contributed by atoms with Crippen molar-refractivity contribution in [3.63, 3.8) is 0 Å². The number of aryl methyl sites for hydroxylation is 1. The van der Waals surface area contributed by atoms with Crippen molar-refractivity contribution in [1.29, 1.82) is 0 Å². The molecule has 0 aliphatic rings. The van der Waals surface area contributed by atoms with E-state index in [2.05, 4.69) is 13.8 Å². The molecule has 0 spiro atoms. The van der Waals surface area contributed by atoms with Crippen molar-refractivity contribution >= 4 is 17.5 Å². The second kappa shape index (κ2) is 7.38. The van der Waals surface area contributed by atoms with E-state index in [4.69, 9.17) is 4.74 Å². The number of hydrogen-bond donors (Lipinski definition) is 0. The van der Waals surface area contributed by atoms with Crippen molar-refractivity contribution in [2.45, 2.75) is 27.2 Å². The van der Waals surface area contributed by atoms with Gasteiger partial charge in [0, 0.05) is 0 Å². The lowest BCUT2D eigenvalue weighted by atomic mass is 10.1. The predicted octanol–water partition coefficient (Wildman–Crippen LogP) is 3.72. The predicted molar refractivity (Wildman–Crippen MR) is 74.3 cm³/mol. The number of carbonyl (C=O) groups is 1. The number of carbonyl (C=O) groups excluding carboxylic acids is 1. The third-order valence-electron chi connectivity index (χ3n) is 2.33. The lowest BCUT2D eigenvalue weighted by molar-refractivity contribution is 0.101. The quantitative estimate of drug-likeness (QED) is 0.692. The van der Waals surface area contributed by atoms with Crippen molar-refractivity contribution in [1.82, 2.24) is 0 Å². The molecule has 3 heteroatoms. The molecule has 2 nitrogen and oxygen atoms in total. The van der Waals surface area contributed by atoms with Gasteiger partial charge < -0.3 is 4.74 Å². The summed E-state index contributed by atoms with van der Waals surface area (Å²) >= 11 is 1.64. The van der Waals surface area contributed by atoms with Crippen LogP contribution in [0.25, 0.3) is 0 Å². The minimum Gasteiger partial charge on any atom is -0.493 e. The van der Waals surface area contributed by atoms with Crippen molar-refractivity contribution in [3.8, 4) is 5.75 Å². The molecule has 0 N–H and O–H groups in total. The average Bonchev–Trinajstić information content (AvgIpc) is 2.34. The van der Waals surface area contributed by atoms with Crippen molar-refractivity contribution in [3.05, 3.63) is 29.3 Å². The number of Topliss-reactive ketones (excluding diaryl/α,β-unsaturated/α-hetero) is 1. The molecule has 0 unspecified atom stereocenters. The van der Waals surface area contributed by atoms with Gasteiger partial charge in [0.1, 0.15) is 5.75 Å². The third-order valence-corrected chi connectivity index (χ3v) is 3.21. The van der Waals surface area contributed by atoms with E-state index in [-0.39, 0.29) is 5.78 Å². The highest BCUT2D eigenvalue weighted by molar-refractivity contribution is 7.99. The van der Waals surface area contributed by atoms with Crippen LogP contribution in [0, 0.1) is 6.92 Å². The van der Waals surface area contributed by atoms with E-state index in [0.717, 1.165) is 29.1 Å². The van der Waals surface area contributed by atoms with Crippen LogP contribution in [0.4, 0.5) is 0 Å². The van der Waals surface area contributed by atoms with Crippen LogP contribution >= 0.6 is 11.8 Å². The van der Waals surface area contributed by atoms with Crippen LogP contribution in [0.2, 0.25) is 0 Å². The van der Waals surface area contributed by atoms with Gasteiger partial charge in [-0.3, -0.25) is 4.79 Å². The summed E-state index contributed by atoms with van der Waals surface area (Å²) in [6.45, 7) is 6.77. The fourth-order valence-corrected chi connectivity index (χ4v) is 2.02. The molecule has 0 aliphatic heterocycles. The molecule has 0 aromatic heterocycles. The maximum absolute atomic E-state index is 12.0. The van der Waals surface area contributed by atoms with Gasteiger partial charge in [0.15, 0.2) is 5.78 Å². The fraction of sp³-hybridized carbons (Fsp3) is 0.500. The molecular formula is C14H20O2S. The lowest BCUT2D eigenvalue weighted by Gasteiger charge is -2.10. The van der Waals surface area contributed by atoms with Crippen LogP contribution in [0.1, 0.15) is 36.2 Å². The lowest BCUT2D eigenvalue weighted by Crippen LogP contribution is -2.07. The van der Waals surface area contributed by atoms with Crippen LogP contribution < -0.4 is 4.74 Å². The molecule has 1 aromatic rings. The Morgan fingerprint density at radius 3 is 2.76 bits per heavy atom. The number of ether oxygens (including phenoxy) is 1. The first-order chi connectivity index (χ1) is 8.19. The van der Waals surface area contributed by atoms with Gasteiger partial charge in [0.2, 0.25) is 0 Å². The van der Waals surface area contributed by atoms with Crippen LogP contribution in [0.15, 0.2) is 18.2 Å². The first-order valence-electron chi connectivity index (χ1n) is 6.03. The summed E-state index contributed by atoms with van der Waals surface area (Å²) < 4.78 is 5.61. The first-order valence-corrected chi connectivity index (χ1v) is 7.18. The SMILES string of the molecule is CCCOc1ccc(C)cc1C(=O)CSCC. The standard InChI is InChI=1S/C14H20O2S/c1-4-8-16-14-7-6-11(3)9-12(14)13(15)10-17-5-2/h6-7,9H,4-5,8,10H2,1-3H3. The molecule has 0 fully saturated rings. The largest absolute Gasteiger partial charge is 0.493 e. The summed E-state index contributed by atoms with van der Waals surface area (Å²) in [6, 6.07) is 5.80. The van der Waals surface area contributed by atoms with Gasteiger partial charge in [-0.1, -0.05) is 25.5 Å². The third kappa shape index (κ3) is 4.43. The minimum atomic E-state index is 0.159. The molecule has 94 valence electrons. The zero-order valence-corrected chi connectivity index (χ0v) is 11.6. The van der Waals surface area contributed by atoms with Crippen molar-refractivity contribution < 1.29 is 9.53 Å². The molecular weight excluding hydrogens is 232 g/mol. The Hall–Kier alpha value is -0.960. The number of thioether (sulfide) groups is 1. The van der Waals surface area contributed by atoms with Crippen LogP contribution in [0.5, 0.6) is 5.75 Å². The molecule has 1 aromatic carbocycles. The van der Waals surface area contributed by atoms with Gasteiger partial charge in [0.05, 0.1) is 17.9 Å². The highest BCUT2D eigenvalue weighted by Crippen LogP contribution is 2.22. The van der Waals surface area contributed by atoms with E-state index >= 15 is 0 Å². The Morgan fingerprint density at radius 1 is 1.35 bits per heavy atom. The Kier molecular flexibility index (Phi) is 6.12. The van der Waals surface area contributed by atoms with Gasteiger partial charge in [-0.15, -0.1) is 0 Å². The average molecular weight is 252 g/mol. The normalized spacial score (nSPS) is 10.3. The zero-order valence-electron chi connectivity index (χ0n) is 10.8. The van der Waals surface area contributed by atoms with Crippen molar-refractivity contribution in [2.24, 2.45) is 0 Å². The number of hydrogen-bond acceptors (Lipinski definition) is 3. The Morgan fingerprint density at radius 2 is 2.12 bits per heavy atom. The Bertz CT molecular complexity index is 374. The molecule has 0 radical (unpaired) electrons. The maximum Gasteiger partial charge on any atom is 0.176 e. The molecule has 0 amide bonds. The molecule has 0 bridgehead atoms. The summed E-state index contributed by atoms with van der Waals surface area (Å²) in [5.41, 5.74) is 1.82. The molecule has 0 heterocycles. The van der Waals surface area contributed by atoms with Gasteiger partial charge in [0.25, 0.3) is 0 Å². The number of ketones is 1.